The lowest BCUT2D eigenvalue weighted by molar-refractivity contribution is -0.137. The minimum absolute atomic E-state index is 0.0978. The smallest absolute Gasteiger partial charge is 0.366 e. The standard InChI is InChI=1S/C23H21F3N4OS/c1-14-6-7-15(21(31)28-18-5-3-4-17(11-18)23(24,25)26)10-20(14)30-9-8-19-16(13-30)12-27-22(29-19)32-2/h3-7,10-12H,8-9,13H2,1-2H3,(H,28,31). The number of anilines is 2. The van der Waals surface area contributed by atoms with Gasteiger partial charge < -0.3 is 10.2 Å². The van der Waals surface area contributed by atoms with Gasteiger partial charge >= 0.3 is 6.18 Å². The van der Waals surface area contributed by atoms with E-state index >= 15 is 0 Å². The second-order valence-electron chi connectivity index (χ2n) is 7.53. The SMILES string of the molecule is CSc1ncc2c(n1)CCN(c1cc(C(=O)Nc3cccc(C(F)(F)F)c3)ccc1C)C2. The molecule has 1 N–H and O–H groups in total. The molecule has 1 aliphatic heterocycles. The molecule has 1 aliphatic rings. The van der Waals surface area contributed by atoms with Crippen molar-refractivity contribution in [3.63, 3.8) is 0 Å². The van der Waals surface area contributed by atoms with E-state index in [1.807, 2.05) is 25.4 Å². The predicted molar refractivity (Wildman–Crippen MR) is 119 cm³/mol. The number of aromatic nitrogens is 2. The summed E-state index contributed by atoms with van der Waals surface area (Å²) >= 11 is 1.51. The second kappa shape index (κ2) is 8.82. The third-order valence-corrected chi connectivity index (χ3v) is 5.92. The van der Waals surface area contributed by atoms with E-state index in [0.717, 1.165) is 52.8 Å². The first-order valence-corrected chi connectivity index (χ1v) is 11.2. The highest BCUT2D eigenvalue weighted by Gasteiger charge is 2.30. The molecule has 32 heavy (non-hydrogen) atoms. The number of halogens is 3. The van der Waals surface area contributed by atoms with E-state index in [-0.39, 0.29) is 5.69 Å². The van der Waals surface area contributed by atoms with Crippen molar-refractivity contribution in [1.29, 1.82) is 0 Å². The third-order valence-electron chi connectivity index (χ3n) is 5.35. The molecule has 0 aliphatic carbocycles. The molecule has 3 aromatic rings. The average Bonchev–Trinajstić information content (AvgIpc) is 2.78. The number of carbonyl (C=O) groups is 1. The van der Waals surface area contributed by atoms with Crippen LogP contribution < -0.4 is 10.2 Å². The minimum Gasteiger partial charge on any atom is -0.366 e. The van der Waals surface area contributed by atoms with Gasteiger partial charge in [-0.1, -0.05) is 23.9 Å². The van der Waals surface area contributed by atoms with Crippen LogP contribution in [-0.4, -0.2) is 28.7 Å². The summed E-state index contributed by atoms with van der Waals surface area (Å²) in [5, 5.41) is 3.32. The van der Waals surface area contributed by atoms with Crippen molar-refractivity contribution in [2.45, 2.75) is 31.2 Å². The van der Waals surface area contributed by atoms with Crippen molar-refractivity contribution >= 4 is 29.0 Å². The summed E-state index contributed by atoms with van der Waals surface area (Å²) in [6.07, 6.45) is 0.0874. The molecule has 0 saturated heterocycles. The number of nitrogens with one attached hydrogen (secondary N) is 1. The van der Waals surface area contributed by atoms with Crippen LogP contribution in [0.1, 0.15) is 32.7 Å². The number of nitrogens with zero attached hydrogens (tertiary/aromatic N) is 3. The van der Waals surface area contributed by atoms with Crippen LogP contribution in [0.2, 0.25) is 0 Å². The van der Waals surface area contributed by atoms with Gasteiger partial charge in [-0.3, -0.25) is 4.79 Å². The number of hydrogen-bond donors (Lipinski definition) is 1. The van der Waals surface area contributed by atoms with E-state index < -0.39 is 17.6 Å². The molecule has 9 heteroatoms. The minimum atomic E-state index is -4.47. The Hall–Kier alpha value is -3.07. The summed E-state index contributed by atoms with van der Waals surface area (Å²) in [6, 6.07) is 9.91. The van der Waals surface area contributed by atoms with E-state index in [1.54, 1.807) is 12.1 Å². The van der Waals surface area contributed by atoms with Gasteiger partial charge in [0.2, 0.25) is 0 Å². The number of carbonyl (C=O) groups excluding carboxylic acids is 1. The first kappa shape index (κ1) is 22.1. The summed E-state index contributed by atoms with van der Waals surface area (Å²) in [6.45, 7) is 3.34. The molecule has 0 saturated carbocycles. The molecule has 0 spiro atoms. The predicted octanol–water partition coefficient (Wildman–Crippen LogP) is 5.34. The maximum Gasteiger partial charge on any atom is 0.416 e. The zero-order chi connectivity index (χ0) is 22.9. The van der Waals surface area contributed by atoms with Gasteiger partial charge in [0.25, 0.3) is 5.91 Å². The Balaban J connectivity index is 1.54. The maximum absolute atomic E-state index is 13.0. The number of benzene rings is 2. The van der Waals surface area contributed by atoms with Crippen LogP contribution in [0, 0.1) is 6.92 Å². The molecule has 5 nitrogen and oxygen atoms in total. The van der Waals surface area contributed by atoms with Crippen LogP contribution in [-0.2, 0) is 19.1 Å². The molecule has 2 aromatic carbocycles. The first-order chi connectivity index (χ1) is 15.2. The molecule has 0 fully saturated rings. The molecule has 0 bridgehead atoms. The summed E-state index contributed by atoms with van der Waals surface area (Å²) in [4.78, 5) is 23.9. The fraction of sp³-hybridized carbons (Fsp3) is 0.261. The molecule has 0 unspecified atom stereocenters. The highest BCUT2D eigenvalue weighted by molar-refractivity contribution is 7.98. The lowest BCUT2D eigenvalue weighted by Gasteiger charge is -2.31. The normalized spacial score (nSPS) is 13.6. The number of amides is 1. The van der Waals surface area contributed by atoms with Gasteiger partial charge in [0.05, 0.1) is 11.3 Å². The number of hydrogen-bond acceptors (Lipinski definition) is 5. The van der Waals surface area contributed by atoms with Crippen molar-refractivity contribution in [3.8, 4) is 0 Å². The van der Waals surface area contributed by atoms with Crippen LogP contribution in [0.25, 0.3) is 0 Å². The maximum atomic E-state index is 13.0. The fourth-order valence-electron chi connectivity index (χ4n) is 3.67. The van der Waals surface area contributed by atoms with Gasteiger partial charge in [-0.25, -0.2) is 9.97 Å². The first-order valence-electron chi connectivity index (χ1n) is 9.97. The Morgan fingerprint density at radius 2 is 2.00 bits per heavy atom. The molecule has 1 aromatic heterocycles. The number of fused-ring (bicyclic) bond motifs is 1. The largest absolute Gasteiger partial charge is 0.416 e. The van der Waals surface area contributed by atoms with E-state index in [2.05, 4.69) is 20.2 Å². The van der Waals surface area contributed by atoms with Crippen molar-refractivity contribution in [3.05, 3.63) is 76.6 Å². The zero-order valence-electron chi connectivity index (χ0n) is 17.5. The van der Waals surface area contributed by atoms with Crippen molar-refractivity contribution in [2.24, 2.45) is 0 Å². The molecular weight excluding hydrogens is 437 g/mol. The molecule has 1 amide bonds. The van der Waals surface area contributed by atoms with Gasteiger partial charge in [0, 0.05) is 48.2 Å². The Morgan fingerprint density at radius 1 is 1.19 bits per heavy atom. The number of rotatable bonds is 4. The lowest BCUT2D eigenvalue weighted by Crippen LogP contribution is -2.32. The summed E-state index contributed by atoms with van der Waals surface area (Å²) < 4.78 is 38.9. The number of aryl methyl sites for hydroxylation is 1. The van der Waals surface area contributed by atoms with Gasteiger partial charge in [0.15, 0.2) is 5.16 Å². The summed E-state index contributed by atoms with van der Waals surface area (Å²) in [7, 11) is 0. The summed E-state index contributed by atoms with van der Waals surface area (Å²) in [5.74, 6) is -0.462. The Bertz CT molecular complexity index is 1170. The molecule has 4 rings (SSSR count). The van der Waals surface area contributed by atoms with Crippen molar-refractivity contribution in [2.75, 3.05) is 23.0 Å². The Kier molecular flexibility index (Phi) is 6.10. The Labute approximate surface area is 188 Å². The zero-order valence-corrected chi connectivity index (χ0v) is 18.3. The number of alkyl halides is 3. The van der Waals surface area contributed by atoms with Crippen LogP contribution in [0.15, 0.2) is 53.8 Å². The van der Waals surface area contributed by atoms with E-state index in [0.29, 0.717) is 12.1 Å². The highest BCUT2D eigenvalue weighted by Crippen LogP contribution is 2.31. The highest BCUT2D eigenvalue weighted by atomic mass is 32.2. The van der Waals surface area contributed by atoms with Gasteiger partial charge in [0.1, 0.15) is 0 Å². The molecule has 166 valence electrons. The average molecular weight is 459 g/mol. The van der Waals surface area contributed by atoms with E-state index in [1.165, 1.54) is 23.9 Å². The quantitative estimate of drug-likeness (QED) is 0.422. The molecular formula is C23H21F3N4OS. The Morgan fingerprint density at radius 3 is 2.75 bits per heavy atom. The van der Waals surface area contributed by atoms with Crippen LogP contribution in [0.5, 0.6) is 0 Å². The second-order valence-corrected chi connectivity index (χ2v) is 8.31. The fourth-order valence-corrected chi connectivity index (χ4v) is 4.03. The van der Waals surface area contributed by atoms with Crippen LogP contribution in [0.3, 0.4) is 0 Å². The lowest BCUT2D eigenvalue weighted by atomic mass is 10.0. The molecule has 0 atom stereocenters. The van der Waals surface area contributed by atoms with Crippen molar-refractivity contribution in [1.82, 2.24) is 9.97 Å². The third kappa shape index (κ3) is 4.72. The van der Waals surface area contributed by atoms with E-state index in [9.17, 15) is 18.0 Å². The molecule has 0 radical (unpaired) electrons. The van der Waals surface area contributed by atoms with Crippen LogP contribution >= 0.6 is 11.8 Å². The monoisotopic (exact) mass is 458 g/mol. The van der Waals surface area contributed by atoms with Crippen LogP contribution in [0.4, 0.5) is 24.5 Å². The van der Waals surface area contributed by atoms with Crippen molar-refractivity contribution < 1.29 is 18.0 Å². The summed E-state index contributed by atoms with van der Waals surface area (Å²) in [5.41, 5.74) is 3.66. The van der Waals surface area contributed by atoms with Gasteiger partial charge in [-0.05, 0) is 49.1 Å². The topological polar surface area (TPSA) is 58.1 Å². The number of thioether (sulfide) groups is 1. The van der Waals surface area contributed by atoms with E-state index in [4.69, 9.17) is 0 Å². The van der Waals surface area contributed by atoms with Gasteiger partial charge in [-0.15, -0.1) is 0 Å². The van der Waals surface area contributed by atoms with Gasteiger partial charge in [-0.2, -0.15) is 13.2 Å². The molecule has 2 heterocycles.